The van der Waals surface area contributed by atoms with Gasteiger partial charge in [-0.15, -0.1) is 0 Å². The fraction of sp³-hybridized carbons (Fsp3) is 0.214. The van der Waals surface area contributed by atoms with E-state index < -0.39 is 17.2 Å². The van der Waals surface area contributed by atoms with Crippen molar-refractivity contribution in [2.75, 3.05) is 12.5 Å². The molecule has 0 fully saturated rings. The lowest BCUT2D eigenvalue weighted by Crippen LogP contribution is -2.40. The van der Waals surface area contributed by atoms with Crippen LogP contribution in [0.3, 0.4) is 0 Å². The number of nitrogens with zero attached hydrogens (tertiary/aromatic N) is 2. The van der Waals surface area contributed by atoms with E-state index >= 15 is 0 Å². The summed E-state index contributed by atoms with van der Waals surface area (Å²) in [6, 6.07) is 7.91. The molecule has 0 aliphatic carbocycles. The minimum Gasteiger partial charge on any atom is -0.496 e. The van der Waals surface area contributed by atoms with Gasteiger partial charge in [0.05, 0.1) is 12.7 Å². The fourth-order valence-corrected chi connectivity index (χ4v) is 1.87. The number of rotatable bonds is 4. The third kappa shape index (κ3) is 2.85. The Morgan fingerprint density at radius 1 is 1.14 bits per heavy atom. The molecule has 1 aromatic carbocycles. The molecule has 2 aromatic rings. The van der Waals surface area contributed by atoms with Crippen molar-refractivity contribution in [1.29, 1.82) is 0 Å². The van der Waals surface area contributed by atoms with E-state index in [0.717, 1.165) is 4.57 Å². The zero-order chi connectivity index (χ0) is 16.3. The van der Waals surface area contributed by atoms with E-state index in [9.17, 15) is 14.4 Å². The minimum absolute atomic E-state index is 0.177. The van der Waals surface area contributed by atoms with E-state index in [0.29, 0.717) is 11.3 Å². The summed E-state index contributed by atoms with van der Waals surface area (Å²) in [4.78, 5) is 35.5. The first-order chi connectivity index (χ1) is 10.5. The van der Waals surface area contributed by atoms with Gasteiger partial charge in [0.25, 0.3) is 11.5 Å². The van der Waals surface area contributed by atoms with E-state index in [2.05, 4.69) is 10.9 Å². The van der Waals surface area contributed by atoms with Crippen molar-refractivity contribution in [3.8, 4) is 5.75 Å². The lowest BCUT2D eigenvalue weighted by atomic mass is 10.2. The molecular weight excluding hydrogens is 288 g/mol. The molecule has 0 saturated carbocycles. The summed E-state index contributed by atoms with van der Waals surface area (Å²) in [5, 5.41) is 0. The van der Waals surface area contributed by atoms with E-state index in [4.69, 9.17) is 4.74 Å². The van der Waals surface area contributed by atoms with Crippen LogP contribution in [0.25, 0.3) is 0 Å². The molecule has 0 bridgehead atoms. The third-order valence-corrected chi connectivity index (χ3v) is 3.18. The quantitative estimate of drug-likeness (QED) is 0.766. The fourth-order valence-electron chi connectivity index (χ4n) is 1.87. The number of hydrazine groups is 1. The zero-order valence-electron chi connectivity index (χ0n) is 12.4. The molecular formula is C14H16N4O4. The van der Waals surface area contributed by atoms with Crippen molar-refractivity contribution < 1.29 is 9.53 Å². The largest absolute Gasteiger partial charge is 0.496 e. The Morgan fingerprint density at radius 3 is 2.50 bits per heavy atom. The minimum atomic E-state index is -0.499. The first-order valence-corrected chi connectivity index (χ1v) is 6.42. The molecule has 8 heteroatoms. The van der Waals surface area contributed by atoms with Crippen LogP contribution in [0.15, 0.2) is 39.9 Å². The Hall–Kier alpha value is -3.03. The van der Waals surface area contributed by atoms with Crippen LogP contribution < -0.4 is 26.8 Å². The van der Waals surface area contributed by atoms with Gasteiger partial charge in [-0.1, -0.05) is 12.1 Å². The van der Waals surface area contributed by atoms with E-state index in [1.54, 1.807) is 24.3 Å². The lowest BCUT2D eigenvalue weighted by molar-refractivity contribution is 0.0959. The highest BCUT2D eigenvalue weighted by Gasteiger charge is 2.12. The highest BCUT2D eigenvalue weighted by molar-refractivity contribution is 5.97. The number of ether oxygens (including phenoxy) is 1. The van der Waals surface area contributed by atoms with Crippen LogP contribution in [-0.2, 0) is 14.1 Å². The van der Waals surface area contributed by atoms with Gasteiger partial charge in [0.15, 0.2) is 0 Å². The normalized spacial score (nSPS) is 10.1. The van der Waals surface area contributed by atoms with Crippen LogP contribution in [0.1, 0.15) is 10.4 Å². The third-order valence-electron chi connectivity index (χ3n) is 3.18. The standard InChI is InChI=1S/C14H16N4O4/c1-17-11(8-12(19)18(2)14(17)21)15-16-13(20)9-6-4-5-7-10(9)22-3/h4-8,15H,1-3H3,(H,16,20). The number of nitrogens with one attached hydrogen (secondary N) is 2. The number of para-hydroxylation sites is 1. The van der Waals surface area contributed by atoms with Gasteiger partial charge < -0.3 is 4.74 Å². The average molecular weight is 304 g/mol. The van der Waals surface area contributed by atoms with Gasteiger partial charge in [-0.25, -0.2) is 4.79 Å². The number of methoxy groups -OCH3 is 1. The first kappa shape index (κ1) is 15.4. The predicted molar refractivity (Wildman–Crippen MR) is 81.0 cm³/mol. The molecule has 1 aromatic heterocycles. The van der Waals surface area contributed by atoms with Gasteiger partial charge >= 0.3 is 5.69 Å². The molecule has 0 saturated heterocycles. The Morgan fingerprint density at radius 2 is 1.82 bits per heavy atom. The Kier molecular flexibility index (Phi) is 4.31. The van der Waals surface area contributed by atoms with Crippen molar-refractivity contribution in [2.24, 2.45) is 14.1 Å². The second-order valence-electron chi connectivity index (χ2n) is 4.55. The second-order valence-corrected chi connectivity index (χ2v) is 4.55. The number of amides is 1. The first-order valence-electron chi connectivity index (χ1n) is 6.42. The van der Waals surface area contributed by atoms with Gasteiger partial charge in [-0.3, -0.25) is 29.6 Å². The molecule has 2 rings (SSSR count). The zero-order valence-corrected chi connectivity index (χ0v) is 12.4. The van der Waals surface area contributed by atoms with Crippen molar-refractivity contribution in [3.63, 3.8) is 0 Å². The summed E-state index contributed by atoms with van der Waals surface area (Å²) in [6.45, 7) is 0. The molecule has 1 amide bonds. The maximum absolute atomic E-state index is 12.1. The Bertz CT molecular complexity index is 822. The van der Waals surface area contributed by atoms with Crippen molar-refractivity contribution >= 4 is 11.7 Å². The molecule has 0 atom stereocenters. The van der Waals surface area contributed by atoms with Gasteiger partial charge in [0, 0.05) is 20.2 Å². The van der Waals surface area contributed by atoms with Crippen LogP contribution in [0.5, 0.6) is 5.75 Å². The topological polar surface area (TPSA) is 94.4 Å². The van der Waals surface area contributed by atoms with Gasteiger partial charge in [0.1, 0.15) is 11.6 Å². The second kappa shape index (κ2) is 6.17. The van der Waals surface area contributed by atoms with Gasteiger partial charge in [-0.05, 0) is 12.1 Å². The molecule has 0 aliphatic rings. The van der Waals surface area contributed by atoms with Crippen LogP contribution in [0, 0.1) is 0 Å². The van der Waals surface area contributed by atoms with Crippen LogP contribution in [-0.4, -0.2) is 22.2 Å². The molecule has 116 valence electrons. The van der Waals surface area contributed by atoms with Crippen LogP contribution in [0.4, 0.5) is 5.82 Å². The molecule has 0 unspecified atom stereocenters. The lowest BCUT2D eigenvalue weighted by Gasteiger charge is -2.13. The highest BCUT2D eigenvalue weighted by atomic mass is 16.5. The van der Waals surface area contributed by atoms with Gasteiger partial charge in [0.2, 0.25) is 0 Å². The van der Waals surface area contributed by atoms with E-state index in [1.807, 2.05) is 0 Å². The molecule has 8 nitrogen and oxygen atoms in total. The van der Waals surface area contributed by atoms with Crippen LogP contribution >= 0.6 is 0 Å². The maximum Gasteiger partial charge on any atom is 0.332 e. The number of aromatic nitrogens is 2. The summed E-state index contributed by atoms with van der Waals surface area (Å²) in [6.07, 6.45) is 0. The van der Waals surface area contributed by atoms with Crippen molar-refractivity contribution in [1.82, 2.24) is 14.6 Å². The molecule has 22 heavy (non-hydrogen) atoms. The number of carbonyl (C=O) groups is 1. The van der Waals surface area contributed by atoms with E-state index in [-0.39, 0.29) is 5.82 Å². The molecule has 0 aliphatic heterocycles. The molecule has 0 spiro atoms. The Balaban J connectivity index is 2.22. The Labute approximate surface area is 125 Å². The number of hydrogen-bond donors (Lipinski definition) is 2. The highest BCUT2D eigenvalue weighted by Crippen LogP contribution is 2.16. The molecule has 2 N–H and O–H groups in total. The number of benzene rings is 1. The summed E-state index contributed by atoms with van der Waals surface area (Å²) < 4.78 is 7.28. The summed E-state index contributed by atoms with van der Waals surface area (Å²) >= 11 is 0. The predicted octanol–water partition coefficient (Wildman–Crippen LogP) is -0.151. The van der Waals surface area contributed by atoms with E-state index in [1.165, 1.54) is 31.8 Å². The SMILES string of the molecule is COc1ccccc1C(=O)NNc1cc(=O)n(C)c(=O)n1C. The van der Waals surface area contributed by atoms with Gasteiger partial charge in [-0.2, -0.15) is 0 Å². The average Bonchev–Trinajstić information content (AvgIpc) is 2.54. The number of hydrogen-bond acceptors (Lipinski definition) is 5. The summed E-state index contributed by atoms with van der Waals surface area (Å²) in [5.74, 6) is 0.140. The molecule has 1 heterocycles. The molecule has 0 radical (unpaired) electrons. The summed E-state index contributed by atoms with van der Waals surface area (Å²) in [7, 11) is 4.32. The van der Waals surface area contributed by atoms with Crippen LogP contribution in [0.2, 0.25) is 0 Å². The smallest absolute Gasteiger partial charge is 0.332 e. The van der Waals surface area contributed by atoms with Crippen molar-refractivity contribution in [3.05, 3.63) is 56.7 Å². The van der Waals surface area contributed by atoms with Crippen molar-refractivity contribution in [2.45, 2.75) is 0 Å². The maximum atomic E-state index is 12.1. The number of carbonyl (C=O) groups excluding carboxylic acids is 1. The number of anilines is 1. The monoisotopic (exact) mass is 304 g/mol. The summed E-state index contributed by atoms with van der Waals surface area (Å²) in [5.41, 5.74) is 4.35.